The summed E-state index contributed by atoms with van der Waals surface area (Å²) in [6.45, 7) is 12.1. The fourth-order valence-corrected chi connectivity index (χ4v) is 4.03. The number of carboxylic acid groups (broad SMARTS) is 1. The molecule has 1 aromatic heterocycles. The highest BCUT2D eigenvalue weighted by Gasteiger charge is 2.42. The number of hydrogen-bond acceptors (Lipinski definition) is 5. The topological polar surface area (TPSA) is 79.7 Å². The lowest BCUT2D eigenvalue weighted by Crippen LogP contribution is -2.46. The van der Waals surface area contributed by atoms with Gasteiger partial charge in [0.05, 0.1) is 16.6 Å². The average Bonchev–Trinajstić information content (AvgIpc) is 2.77. The van der Waals surface area contributed by atoms with Crippen molar-refractivity contribution in [3.8, 4) is 0 Å². The molecule has 1 aliphatic rings. The van der Waals surface area contributed by atoms with Crippen LogP contribution in [-0.2, 0) is 11.2 Å². The number of carbonyl (C=O) groups is 2. The third kappa shape index (κ3) is 3.83. The zero-order chi connectivity index (χ0) is 17.6. The van der Waals surface area contributed by atoms with E-state index in [1.54, 1.807) is 4.90 Å². The number of amides is 1. The van der Waals surface area contributed by atoms with E-state index in [9.17, 15) is 14.7 Å². The quantitative estimate of drug-likeness (QED) is 0.843. The van der Waals surface area contributed by atoms with Crippen LogP contribution in [0.2, 0.25) is 0 Å². The number of fused-ring (bicyclic) bond motifs is 1. The normalized spacial score (nSPS) is 18.5. The zero-order valence-electron chi connectivity index (χ0n) is 14.5. The van der Waals surface area contributed by atoms with Crippen molar-refractivity contribution in [3.05, 3.63) is 15.6 Å². The summed E-state index contributed by atoms with van der Waals surface area (Å²) in [5.41, 5.74) is -0.0409. The largest absolute Gasteiger partial charge is 0.476 e. The van der Waals surface area contributed by atoms with Crippen LogP contribution in [0.15, 0.2) is 0 Å². The first kappa shape index (κ1) is 17.7. The van der Waals surface area contributed by atoms with E-state index in [0.717, 1.165) is 21.9 Å². The van der Waals surface area contributed by atoms with Gasteiger partial charge in [0.2, 0.25) is 5.01 Å². The summed E-state index contributed by atoms with van der Waals surface area (Å²) < 4.78 is 5.53. The summed E-state index contributed by atoms with van der Waals surface area (Å²) in [6.07, 6.45) is 0.179. The number of nitrogens with zero attached hydrogens (tertiary/aromatic N) is 2. The maximum Gasteiger partial charge on any atom is 0.410 e. The molecule has 1 unspecified atom stereocenters. The monoisotopic (exact) mass is 340 g/mol. The summed E-state index contributed by atoms with van der Waals surface area (Å²) in [5, 5.41) is 9.27. The van der Waals surface area contributed by atoms with Crippen molar-refractivity contribution in [1.29, 1.82) is 0 Å². The van der Waals surface area contributed by atoms with Gasteiger partial charge in [-0.05, 0) is 26.2 Å². The third-order valence-corrected chi connectivity index (χ3v) is 4.65. The Kier molecular flexibility index (Phi) is 4.45. The highest BCUT2D eigenvalue weighted by molar-refractivity contribution is 7.13. The highest BCUT2D eigenvalue weighted by atomic mass is 32.1. The van der Waals surface area contributed by atoms with Crippen molar-refractivity contribution in [3.63, 3.8) is 0 Å². The first-order valence-electron chi connectivity index (χ1n) is 7.62. The van der Waals surface area contributed by atoms with Crippen LogP contribution in [0.3, 0.4) is 0 Å². The first-order chi connectivity index (χ1) is 10.4. The summed E-state index contributed by atoms with van der Waals surface area (Å²) in [4.78, 5) is 30.6. The molecule has 128 valence electrons. The van der Waals surface area contributed by atoms with E-state index >= 15 is 0 Å². The molecule has 1 atom stereocenters. The molecular formula is C16H24N2O4S. The summed E-state index contributed by atoms with van der Waals surface area (Å²) in [6, 6.07) is -0.244. The number of carboxylic acids is 1. The molecule has 7 heteroatoms. The van der Waals surface area contributed by atoms with Crippen LogP contribution in [0.25, 0.3) is 0 Å². The Morgan fingerprint density at radius 3 is 2.35 bits per heavy atom. The van der Waals surface area contributed by atoms with Gasteiger partial charge in [-0.2, -0.15) is 0 Å². The molecule has 1 amide bonds. The van der Waals surface area contributed by atoms with Crippen LogP contribution >= 0.6 is 11.3 Å². The highest BCUT2D eigenvalue weighted by Crippen LogP contribution is 2.45. The third-order valence-electron chi connectivity index (χ3n) is 3.51. The van der Waals surface area contributed by atoms with Crippen molar-refractivity contribution in [1.82, 2.24) is 9.88 Å². The van der Waals surface area contributed by atoms with Gasteiger partial charge in [0, 0.05) is 13.0 Å². The molecule has 1 N–H and O–H groups in total. The Balaban J connectivity index is 2.42. The minimum Gasteiger partial charge on any atom is -0.476 e. The minimum absolute atomic E-state index is 0.0790. The number of hydrogen-bond donors (Lipinski definition) is 1. The lowest BCUT2D eigenvalue weighted by molar-refractivity contribution is -0.000372. The second-order valence-corrected chi connectivity index (χ2v) is 8.86. The van der Waals surface area contributed by atoms with E-state index in [-0.39, 0.29) is 22.6 Å². The van der Waals surface area contributed by atoms with E-state index in [2.05, 4.69) is 4.98 Å². The van der Waals surface area contributed by atoms with E-state index in [1.807, 2.05) is 41.5 Å². The number of rotatable bonds is 1. The van der Waals surface area contributed by atoms with Gasteiger partial charge in [-0.1, -0.05) is 20.8 Å². The fourth-order valence-electron chi connectivity index (χ4n) is 2.72. The SMILES string of the molecule is CC(C)(C)OC(=O)N1CCc2nc(C(=O)O)sc2C1C(C)(C)C. The van der Waals surface area contributed by atoms with Crippen molar-refractivity contribution < 1.29 is 19.4 Å². The van der Waals surface area contributed by atoms with Gasteiger partial charge < -0.3 is 9.84 Å². The molecule has 0 aliphatic carbocycles. The molecule has 23 heavy (non-hydrogen) atoms. The number of aromatic nitrogens is 1. The Hall–Kier alpha value is -1.63. The van der Waals surface area contributed by atoms with Crippen LogP contribution in [0, 0.1) is 5.41 Å². The van der Waals surface area contributed by atoms with Gasteiger partial charge in [0.1, 0.15) is 5.60 Å². The molecule has 0 fully saturated rings. The minimum atomic E-state index is -1.03. The molecule has 1 aromatic rings. The van der Waals surface area contributed by atoms with Gasteiger partial charge in [-0.15, -0.1) is 11.3 Å². The Morgan fingerprint density at radius 2 is 1.87 bits per heavy atom. The summed E-state index contributed by atoms with van der Waals surface area (Å²) in [5.74, 6) is -1.03. The second kappa shape index (κ2) is 5.78. The van der Waals surface area contributed by atoms with Crippen LogP contribution in [-0.4, -0.2) is 39.2 Å². The zero-order valence-corrected chi connectivity index (χ0v) is 15.3. The van der Waals surface area contributed by atoms with Gasteiger partial charge in [0.25, 0.3) is 0 Å². The van der Waals surface area contributed by atoms with Crippen molar-refractivity contribution in [2.45, 2.75) is 59.6 Å². The number of aromatic carboxylic acids is 1. The predicted octanol–water partition coefficient (Wildman–Crippen LogP) is 3.72. The van der Waals surface area contributed by atoms with E-state index < -0.39 is 11.6 Å². The van der Waals surface area contributed by atoms with Gasteiger partial charge in [-0.25, -0.2) is 14.6 Å². The molecule has 0 bridgehead atoms. The summed E-state index contributed by atoms with van der Waals surface area (Å²) in [7, 11) is 0. The maximum atomic E-state index is 12.6. The van der Waals surface area contributed by atoms with Crippen molar-refractivity contribution in [2.24, 2.45) is 5.41 Å². The lowest BCUT2D eigenvalue weighted by Gasteiger charge is -2.42. The number of thiazole rings is 1. The predicted molar refractivity (Wildman–Crippen MR) is 87.9 cm³/mol. The molecule has 0 radical (unpaired) electrons. The van der Waals surface area contributed by atoms with Crippen LogP contribution in [0.1, 0.15) is 68.0 Å². The molecule has 1 aliphatic heterocycles. The number of carbonyl (C=O) groups excluding carboxylic acids is 1. The van der Waals surface area contributed by atoms with Crippen LogP contribution in [0.5, 0.6) is 0 Å². The molecule has 0 aromatic carbocycles. The lowest BCUT2D eigenvalue weighted by atomic mass is 9.82. The Bertz CT molecular complexity index is 625. The second-order valence-electron chi connectivity index (χ2n) is 7.83. The Labute approximate surface area is 140 Å². The van der Waals surface area contributed by atoms with Crippen LogP contribution < -0.4 is 0 Å². The first-order valence-corrected chi connectivity index (χ1v) is 8.44. The van der Waals surface area contributed by atoms with E-state index in [0.29, 0.717) is 13.0 Å². The molecule has 6 nitrogen and oxygen atoms in total. The molecule has 0 spiro atoms. The van der Waals surface area contributed by atoms with Gasteiger partial charge in [-0.3, -0.25) is 4.90 Å². The van der Waals surface area contributed by atoms with Gasteiger partial charge >= 0.3 is 12.1 Å². The van der Waals surface area contributed by atoms with E-state index in [4.69, 9.17) is 4.74 Å². The molecular weight excluding hydrogens is 316 g/mol. The standard InChI is InChI=1S/C16H24N2O4S/c1-15(2,3)11-10-9(17-12(23-10)13(19)20)7-8-18(11)14(21)22-16(4,5)6/h11H,7-8H2,1-6H3,(H,19,20). The summed E-state index contributed by atoms with van der Waals surface area (Å²) >= 11 is 1.16. The smallest absolute Gasteiger partial charge is 0.410 e. The van der Waals surface area contributed by atoms with Crippen LogP contribution in [0.4, 0.5) is 4.79 Å². The fraction of sp³-hybridized carbons (Fsp3) is 0.688. The maximum absolute atomic E-state index is 12.6. The van der Waals surface area contributed by atoms with E-state index in [1.165, 1.54) is 0 Å². The van der Waals surface area contributed by atoms with Crippen molar-refractivity contribution >= 4 is 23.4 Å². The van der Waals surface area contributed by atoms with Crippen molar-refractivity contribution in [2.75, 3.05) is 6.54 Å². The molecule has 0 saturated carbocycles. The Morgan fingerprint density at radius 1 is 1.26 bits per heavy atom. The number of ether oxygens (including phenoxy) is 1. The molecule has 0 saturated heterocycles. The molecule has 2 heterocycles. The van der Waals surface area contributed by atoms with Gasteiger partial charge in [0.15, 0.2) is 0 Å². The average molecular weight is 340 g/mol. The molecule has 2 rings (SSSR count).